The van der Waals surface area contributed by atoms with Crippen LogP contribution in [-0.4, -0.2) is 88.7 Å². The maximum Gasteiger partial charge on any atom is 0.306 e. The van der Waals surface area contributed by atoms with Crippen molar-refractivity contribution in [3.05, 3.63) is 60.2 Å². The van der Waals surface area contributed by atoms with Crippen molar-refractivity contribution >= 4 is 23.7 Å². The summed E-state index contributed by atoms with van der Waals surface area (Å²) in [7, 11) is 0. The monoisotopic (exact) mass is 565 g/mol. The summed E-state index contributed by atoms with van der Waals surface area (Å²) in [5.41, 5.74) is -0.621. The summed E-state index contributed by atoms with van der Waals surface area (Å²) in [6, 6.07) is 7.51. The zero-order valence-corrected chi connectivity index (χ0v) is 23.6. The van der Waals surface area contributed by atoms with Crippen LogP contribution in [0.15, 0.2) is 54.6 Å². The first-order valence-corrected chi connectivity index (χ1v) is 14.6. The first kappa shape index (κ1) is 29.0. The van der Waals surface area contributed by atoms with Gasteiger partial charge in [0.2, 0.25) is 17.7 Å². The summed E-state index contributed by atoms with van der Waals surface area (Å²) in [5.74, 6) is -3.36. The van der Waals surface area contributed by atoms with Crippen LogP contribution in [-0.2, 0) is 28.7 Å². The molecule has 0 bridgehead atoms. The van der Waals surface area contributed by atoms with Crippen molar-refractivity contribution in [2.75, 3.05) is 26.3 Å². The summed E-state index contributed by atoms with van der Waals surface area (Å²) in [4.78, 5) is 57.9. The van der Waals surface area contributed by atoms with E-state index < -0.39 is 47.4 Å². The van der Waals surface area contributed by atoms with Crippen molar-refractivity contribution in [3.8, 4) is 0 Å². The van der Waals surface area contributed by atoms with Crippen molar-refractivity contribution in [2.24, 2.45) is 11.8 Å². The van der Waals surface area contributed by atoms with Crippen LogP contribution >= 0.6 is 0 Å². The molecule has 4 aliphatic heterocycles. The second kappa shape index (κ2) is 12.2. The SMILES string of the molecule is CCCC(C)N1CC=C[C@@]23O[C@H]4/C=C\CCC(=O)OC[C@H](c5ccccc5)NC(=O)[C@H]4[C@@H]2C(=O)N(CCO)[C@H]3C1=O. The third kappa shape index (κ3) is 5.30. The lowest BCUT2D eigenvalue weighted by atomic mass is 9.77. The minimum absolute atomic E-state index is 0.0435. The van der Waals surface area contributed by atoms with Crippen molar-refractivity contribution in [2.45, 2.75) is 69.4 Å². The Labute approximate surface area is 240 Å². The Morgan fingerprint density at radius 2 is 1.90 bits per heavy atom. The maximum absolute atomic E-state index is 14.2. The molecule has 10 heteroatoms. The number of allylic oxidation sites excluding steroid dienone is 1. The van der Waals surface area contributed by atoms with Gasteiger partial charge in [-0.05, 0) is 25.3 Å². The molecule has 0 aliphatic carbocycles. The molecule has 41 heavy (non-hydrogen) atoms. The number of β-amino-alcohol motifs (C(OH)–C–C–N with tert-alkyl or cyclic N) is 1. The van der Waals surface area contributed by atoms with E-state index in [0.29, 0.717) is 13.0 Å². The summed E-state index contributed by atoms with van der Waals surface area (Å²) >= 11 is 0. The van der Waals surface area contributed by atoms with E-state index in [1.54, 1.807) is 23.1 Å². The molecule has 1 unspecified atom stereocenters. The second-order valence-electron chi connectivity index (χ2n) is 11.2. The van der Waals surface area contributed by atoms with Gasteiger partial charge in [0, 0.05) is 25.6 Å². The van der Waals surface area contributed by atoms with Gasteiger partial charge in [0.1, 0.15) is 18.2 Å². The number of aliphatic hydroxyl groups is 1. The van der Waals surface area contributed by atoms with Gasteiger partial charge in [-0.15, -0.1) is 0 Å². The van der Waals surface area contributed by atoms with Crippen LogP contribution in [0.2, 0.25) is 0 Å². The summed E-state index contributed by atoms with van der Waals surface area (Å²) in [6.07, 6.45) is 8.59. The maximum atomic E-state index is 14.2. The molecule has 4 heterocycles. The molecule has 7 atom stereocenters. The number of cyclic esters (lactones) is 1. The lowest BCUT2D eigenvalue weighted by Crippen LogP contribution is -2.57. The normalized spacial score (nSPS) is 33.5. The first-order chi connectivity index (χ1) is 19.8. The number of hydrogen-bond acceptors (Lipinski definition) is 7. The van der Waals surface area contributed by atoms with Crippen molar-refractivity contribution in [1.29, 1.82) is 0 Å². The Hall–Kier alpha value is -3.50. The van der Waals surface area contributed by atoms with Gasteiger partial charge >= 0.3 is 5.97 Å². The smallest absolute Gasteiger partial charge is 0.306 e. The highest BCUT2D eigenvalue weighted by Gasteiger charge is 2.71. The molecule has 10 nitrogen and oxygen atoms in total. The van der Waals surface area contributed by atoms with E-state index in [1.807, 2.05) is 43.3 Å². The van der Waals surface area contributed by atoms with Crippen LogP contribution in [0.5, 0.6) is 0 Å². The third-order valence-electron chi connectivity index (χ3n) is 8.68. The predicted molar refractivity (Wildman–Crippen MR) is 149 cm³/mol. The summed E-state index contributed by atoms with van der Waals surface area (Å²) in [5, 5.41) is 12.9. The molecule has 4 aliphatic rings. The molecule has 0 radical (unpaired) electrons. The zero-order chi connectivity index (χ0) is 29.1. The van der Waals surface area contributed by atoms with Crippen LogP contribution in [0.3, 0.4) is 0 Å². The van der Waals surface area contributed by atoms with Crippen LogP contribution in [0.25, 0.3) is 0 Å². The molecule has 1 aromatic carbocycles. The Morgan fingerprint density at radius 1 is 1.12 bits per heavy atom. The number of likely N-dealkylation sites (tertiary alicyclic amines) is 1. The van der Waals surface area contributed by atoms with E-state index in [1.165, 1.54) is 4.90 Å². The van der Waals surface area contributed by atoms with Gasteiger partial charge in [0.15, 0.2) is 0 Å². The van der Waals surface area contributed by atoms with E-state index in [-0.39, 0.29) is 44.1 Å². The van der Waals surface area contributed by atoms with Gasteiger partial charge in [-0.1, -0.05) is 68.0 Å². The Kier molecular flexibility index (Phi) is 8.60. The average molecular weight is 566 g/mol. The van der Waals surface area contributed by atoms with E-state index in [0.717, 1.165) is 18.4 Å². The molecule has 5 rings (SSSR count). The van der Waals surface area contributed by atoms with E-state index in [2.05, 4.69) is 12.2 Å². The number of nitrogens with one attached hydrogen (secondary N) is 1. The highest BCUT2D eigenvalue weighted by molar-refractivity contribution is 5.99. The lowest BCUT2D eigenvalue weighted by molar-refractivity contribution is -0.149. The molecular formula is C31H39N3O7. The highest BCUT2D eigenvalue weighted by Crippen LogP contribution is 2.53. The quantitative estimate of drug-likeness (QED) is 0.399. The fourth-order valence-electron chi connectivity index (χ4n) is 6.77. The average Bonchev–Trinajstić information content (AvgIpc) is 3.33. The predicted octanol–water partition coefficient (Wildman–Crippen LogP) is 1.90. The number of amides is 3. The molecule has 2 saturated heterocycles. The minimum atomic E-state index is -1.38. The number of fused-ring (bicyclic) bond motifs is 2. The molecule has 0 saturated carbocycles. The number of esters is 1. The van der Waals surface area contributed by atoms with Crippen LogP contribution in [0, 0.1) is 11.8 Å². The van der Waals surface area contributed by atoms with Crippen LogP contribution < -0.4 is 5.32 Å². The van der Waals surface area contributed by atoms with E-state index in [9.17, 15) is 24.3 Å². The largest absolute Gasteiger partial charge is 0.463 e. The number of aliphatic hydroxyl groups excluding tert-OH is 1. The van der Waals surface area contributed by atoms with Crippen molar-refractivity contribution < 1.29 is 33.8 Å². The topological polar surface area (TPSA) is 125 Å². The molecule has 2 N–H and O–H groups in total. The number of rotatable bonds is 6. The summed E-state index contributed by atoms with van der Waals surface area (Å²) < 4.78 is 12.2. The van der Waals surface area contributed by atoms with Gasteiger partial charge in [0.25, 0.3) is 0 Å². The Balaban J connectivity index is 1.57. The lowest BCUT2D eigenvalue weighted by Gasteiger charge is -2.37. The Morgan fingerprint density at radius 3 is 2.63 bits per heavy atom. The minimum Gasteiger partial charge on any atom is -0.463 e. The van der Waals surface area contributed by atoms with E-state index in [4.69, 9.17) is 9.47 Å². The van der Waals surface area contributed by atoms with Crippen LogP contribution in [0.1, 0.15) is 51.1 Å². The number of hydrogen-bond donors (Lipinski definition) is 2. The molecule has 220 valence electrons. The van der Waals surface area contributed by atoms with Gasteiger partial charge in [0.05, 0.1) is 30.6 Å². The standard InChI is InChI=1S/C31H39N3O7/c1-3-10-20(2)33-16-9-15-31-26(29(38)34(17-18-35)27(31)30(33)39)25-23(41-31)13-7-8-14-24(36)40-19-22(32-28(25)37)21-11-5-4-6-12-21/h4-7,9,11-13,15,20,22-23,25-27,35H,3,8,10,14,16-19H2,1-2H3,(H,32,37)/b13-7-/t20?,22-,23+,25-,26-,27+,31-/m1/s1. The van der Waals surface area contributed by atoms with Crippen LogP contribution in [0.4, 0.5) is 0 Å². The number of nitrogens with zero attached hydrogens (tertiary/aromatic N) is 2. The number of carbonyl (C=O) groups excluding carboxylic acids is 4. The molecule has 1 aromatic rings. The molecule has 0 aromatic heterocycles. The molecular weight excluding hydrogens is 526 g/mol. The molecule has 1 spiro atoms. The van der Waals surface area contributed by atoms with Gasteiger partial charge < -0.3 is 29.7 Å². The second-order valence-corrected chi connectivity index (χ2v) is 11.2. The van der Waals surface area contributed by atoms with Gasteiger partial charge in [-0.25, -0.2) is 0 Å². The third-order valence-corrected chi connectivity index (χ3v) is 8.68. The summed E-state index contributed by atoms with van der Waals surface area (Å²) in [6.45, 7) is 3.99. The van der Waals surface area contributed by atoms with Gasteiger partial charge in [-0.3, -0.25) is 19.2 Å². The number of carbonyl (C=O) groups is 4. The van der Waals surface area contributed by atoms with Gasteiger partial charge in [-0.2, -0.15) is 0 Å². The van der Waals surface area contributed by atoms with Crippen molar-refractivity contribution in [1.82, 2.24) is 15.1 Å². The molecule has 3 amide bonds. The fraction of sp³-hybridized carbons (Fsp3) is 0.548. The Bertz CT molecular complexity index is 1220. The zero-order valence-electron chi connectivity index (χ0n) is 23.6. The fourth-order valence-corrected chi connectivity index (χ4v) is 6.77. The number of ether oxygens (including phenoxy) is 2. The number of benzene rings is 1. The molecule has 2 fully saturated rings. The highest BCUT2D eigenvalue weighted by atomic mass is 16.5. The van der Waals surface area contributed by atoms with Crippen molar-refractivity contribution in [3.63, 3.8) is 0 Å². The first-order valence-electron chi connectivity index (χ1n) is 14.6. The van der Waals surface area contributed by atoms with E-state index >= 15 is 0 Å².